The van der Waals surface area contributed by atoms with Crippen molar-refractivity contribution in [3.63, 3.8) is 0 Å². The van der Waals surface area contributed by atoms with Gasteiger partial charge in [-0.05, 0) is 36.8 Å². The van der Waals surface area contributed by atoms with E-state index in [0.29, 0.717) is 0 Å². The monoisotopic (exact) mass is 338 g/mol. The van der Waals surface area contributed by atoms with Crippen LogP contribution in [0.15, 0.2) is 85.5 Å². The van der Waals surface area contributed by atoms with Crippen LogP contribution in [-0.4, -0.2) is 19.1 Å². The van der Waals surface area contributed by atoms with E-state index in [1.54, 1.807) is 0 Å². The Kier molecular flexibility index (Phi) is 3.35. The fraction of sp³-hybridized carbons (Fsp3) is 0.0909. The lowest BCUT2D eigenvalue weighted by Gasteiger charge is -2.22. The van der Waals surface area contributed by atoms with Gasteiger partial charge in [0.15, 0.2) is 0 Å². The predicted molar refractivity (Wildman–Crippen MR) is 104 cm³/mol. The Balaban J connectivity index is 1.79. The summed E-state index contributed by atoms with van der Waals surface area (Å²) in [5, 5.41) is 0. The molecule has 0 aliphatic heterocycles. The van der Waals surface area contributed by atoms with E-state index >= 15 is 0 Å². The lowest BCUT2D eigenvalue weighted by Crippen LogP contribution is -2.18. The molecule has 4 heteroatoms. The Morgan fingerprint density at radius 1 is 0.654 bits per heavy atom. The molecule has 2 heterocycles. The molecule has 2 aromatic heterocycles. The van der Waals surface area contributed by atoms with Crippen LogP contribution < -0.4 is 0 Å². The van der Waals surface area contributed by atoms with Gasteiger partial charge in [-0.2, -0.15) is 0 Å². The van der Waals surface area contributed by atoms with Gasteiger partial charge < -0.3 is 9.13 Å². The van der Waals surface area contributed by atoms with Crippen molar-refractivity contribution in [3.8, 4) is 0 Å². The van der Waals surface area contributed by atoms with Crippen molar-refractivity contribution in [1.29, 1.82) is 0 Å². The third-order valence-corrected chi connectivity index (χ3v) is 4.86. The summed E-state index contributed by atoms with van der Waals surface area (Å²) in [6, 6.07) is 25.1. The summed E-state index contributed by atoms with van der Waals surface area (Å²) < 4.78 is 4.43. The van der Waals surface area contributed by atoms with E-state index in [4.69, 9.17) is 0 Å². The Bertz CT molecular complexity index is 1120. The fourth-order valence-electron chi connectivity index (χ4n) is 3.54. The summed E-state index contributed by atoms with van der Waals surface area (Å²) in [7, 11) is 0. The molecule has 0 aliphatic carbocycles. The number of aryl methyl sites for hydroxylation is 1. The third kappa shape index (κ3) is 2.30. The van der Waals surface area contributed by atoms with Crippen LogP contribution in [0.4, 0.5) is 0 Å². The van der Waals surface area contributed by atoms with Crippen LogP contribution in [0.2, 0.25) is 0 Å². The summed E-state index contributed by atoms with van der Waals surface area (Å²) in [5.41, 5.74) is 6.65. The van der Waals surface area contributed by atoms with Gasteiger partial charge in [-0.3, -0.25) is 0 Å². The van der Waals surface area contributed by atoms with Crippen LogP contribution in [0.1, 0.15) is 17.3 Å². The van der Waals surface area contributed by atoms with Crippen LogP contribution in [0.25, 0.3) is 22.1 Å². The Labute approximate surface area is 151 Å². The van der Waals surface area contributed by atoms with E-state index in [0.717, 1.165) is 22.1 Å². The second-order valence-corrected chi connectivity index (χ2v) is 6.57. The van der Waals surface area contributed by atoms with E-state index in [9.17, 15) is 0 Å². The zero-order chi connectivity index (χ0) is 17.5. The van der Waals surface area contributed by atoms with Crippen molar-refractivity contribution in [3.05, 3.63) is 96.6 Å². The molecule has 0 saturated heterocycles. The Morgan fingerprint density at radius 2 is 1.15 bits per heavy atom. The second-order valence-electron chi connectivity index (χ2n) is 6.57. The van der Waals surface area contributed by atoms with Crippen LogP contribution in [-0.2, 0) is 0 Å². The number of fused-ring (bicyclic) bond motifs is 2. The maximum Gasteiger partial charge on any atom is 0.139 e. The molecule has 4 nitrogen and oxygen atoms in total. The number of rotatable bonds is 3. The highest BCUT2D eigenvalue weighted by atomic mass is 15.2. The van der Waals surface area contributed by atoms with Crippen molar-refractivity contribution >= 4 is 22.1 Å². The van der Waals surface area contributed by atoms with E-state index in [2.05, 4.69) is 74.6 Å². The molecule has 3 aromatic carbocycles. The Hall–Kier alpha value is -3.40. The number of hydrogen-bond donors (Lipinski definition) is 0. The van der Waals surface area contributed by atoms with Crippen LogP contribution in [0.5, 0.6) is 0 Å². The average molecular weight is 338 g/mol. The second kappa shape index (κ2) is 5.85. The number of nitrogens with zero attached hydrogens (tertiary/aromatic N) is 4. The lowest BCUT2D eigenvalue weighted by molar-refractivity contribution is 0.527. The molecule has 0 saturated carbocycles. The van der Waals surface area contributed by atoms with Crippen molar-refractivity contribution in [2.75, 3.05) is 0 Å². The third-order valence-electron chi connectivity index (χ3n) is 4.86. The first-order valence-electron chi connectivity index (χ1n) is 8.71. The van der Waals surface area contributed by atoms with Gasteiger partial charge in [0.2, 0.25) is 0 Å². The molecule has 0 amide bonds. The van der Waals surface area contributed by atoms with Gasteiger partial charge in [0.05, 0.1) is 34.7 Å². The van der Waals surface area contributed by atoms with Gasteiger partial charge in [0, 0.05) is 0 Å². The van der Waals surface area contributed by atoms with E-state index in [-0.39, 0.29) is 6.17 Å². The van der Waals surface area contributed by atoms with Crippen LogP contribution in [0.3, 0.4) is 0 Å². The molecule has 0 bridgehead atoms. The lowest BCUT2D eigenvalue weighted by atomic mass is 10.1. The zero-order valence-corrected chi connectivity index (χ0v) is 14.4. The molecule has 126 valence electrons. The summed E-state index contributed by atoms with van der Waals surface area (Å²) in [6.45, 7) is 2.11. The molecule has 0 atom stereocenters. The highest BCUT2D eigenvalue weighted by Gasteiger charge is 2.20. The van der Waals surface area contributed by atoms with Gasteiger partial charge in [-0.15, -0.1) is 0 Å². The normalized spacial score (nSPS) is 11.6. The van der Waals surface area contributed by atoms with Gasteiger partial charge in [0.25, 0.3) is 0 Å². The molecular weight excluding hydrogens is 320 g/mol. The van der Waals surface area contributed by atoms with E-state index in [1.165, 1.54) is 11.1 Å². The topological polar surface area (TPSA) is 35.6 Å². The summed E-state index contributed by atoms with van der Waals surface area (Å²) in [5.74, 6) is 0. The highest BCUT2D eigenvalue weighted by Crippen LogP contribution is 2.28. The molecule has 0 aliphatic rings. The van der Waals surface area contributed by atoms with Crippen LogP contribution >= 0.6 is 0 Å². The maximum atomic E-state index is 4.60. The van der Waals surface area contributed by atoms with Crippen LogP contribution in [0, 0.1) is 6.92 Å². The quantitative estimate of drug-likeness (QED) is 0.474. The van der Waals surface area contributed by atoms with E-state index < -0.39 is 0 Å². The molecule has 0 radical (unpaired) electrons. The number of para-hydroxylation sites is 4. The molecule has 26 heavy (non-hydrogen) atoms. The van der Waals surface area contributed by atoms with Crippen molar-refractivity contribution < 1.29 is 0 Å². The first kappa shape index (κ1) is 14.9. The van der Waals surface area contributed by atoms with E-state index in [1.807, 2.05) is 36.9 Å². The minimum Gasteiger partial charge on any atom is -0.305 e. The van der Waals surface area contributed by atoms with Crippen molar-refractivity contribution in [1.82, 2.24) is 19.1 Å². The summed E-state index contributed by atoms with van der Waals surface area (Å²) in [6.07, 6.45) is 3.80. The van der Waals surface area contributed by atoms with Gasteiger partial charge in [0.1, 0.15) is 6.17 Å². The number of hydrogen-bond acceptors (Lipinski definition) is 2. The van der Waals surface area contributed by atoms with Crippen molar-refractivity contribution in [2.45, 2.75) is 13.1 Å². The average Bonchev–Trinajstić information content (AvgIpc) is 3.29. The molecule has 5 aromatic rings. The van der Waals surface area contributed by atoms with Gasteiger partial charge in [-0.25, -0.2) is 9.97 Å². The highest BCUT2D eigenvalue weighted by molar-refractivity contribution is 5.77. The Morgan fingerprint density at radius 3 is 1.69 bits per heavy atom. The summed E-state index contributed by atoms with van der Waals surface area (Å²) >= 11 is 0. The zero-order valence-electron chi connectivity index (χ0n) is 14.4. The first-order chi connectivity index (χ1) is 12.8. The minimum absolute atomic E-state index is 0.0459. The fourth-order valence-corrected chi connectivity index (χ4v) is 3.54. The smallest absolute Gasteiger partial charge is 0.139 e. The first-order valence-corrected chi connectivity index (χ1v) is 8.71. The van der Waals surface area contributed by atoms with Crippen molar-refractivity contribution in [2.24, 2.45) is 0 Å². The SMILES string of the molecule is Cc1ccc(C(n2cnc3ccccc32)n2cnc3ccccc32)cc1. The van der Waals surface area contributed by atoms with Gasteiger partial charge >= 0.3 is 0 Å². The number of benzene rings is 3. The molecule has 0 fully saturated rings. The maximum absolute atomic E-state index is 4.60. The molecule has 0 unspecified atom stereocenters. The molecule has 5 rings (SSSR count). The minimum atomic E-state index is -0.0459. The number of imidazole rings is 2. The largest absolute Gasteiger partial charge is 0.305 e. The number of aromatic nitrogens is 4. The predicted octanol–water partition coefficient (Wildman–Crippen LogP) is 4.79. The van der Waals surface area contributed by atoms with Gasteiger partial charge in [-0.1, -0.05) is 54.1 Å². The summed E-state index contributed by atoms with van der Waals surface area (Å²) in [4.78, 5) is 9.20. The molecule has 0 N–H and O–H groups in total. The standard InChI is InChI=1S/C22H18N4/c1-16-10-12-17(13-11-16)22(25-14-23-18-6-2-4-8-20(18)25)26-15-24-19-7-3-5-9-21(19)26/h2-15,22H,1H3. The molecular formula is C22H18N4. The molecule has 0 spiro atoms.